The van der Waals surface area contributed by atoms with Gasteiger partial charge in [-0.2, -0.15) is 13.2 Å². The van der Waals surface area contributed by atoms with Crippen molar-refractivity contribution in [1.29, 1.82) is 0 Å². The molecule has 104 valence electrons. The molecule has 3 nitrogen and oxygen atoms in total. The molecule has 1 unspecified atom stereocenters. The van der Waals surface area contributed by atoms with Gasteiger partial charge < -0.3 is 11.1 Å². The monoisotopic (exact) mass is 290 g/mol. The normalized spacial score (nSPS) is 12.5. The standard InChI is InChI=1S/C12H13F3N2OS/c1-8(7-12(13,14)15)17-11(18)10-5-4-9(19-10)3-2-6-16/h4-5,8H,6-7,16H2,1H3,(H,17,18). The number of nitrogens with two attached hydrogens (primary N) is 1. The van der Waals surface area contributed by atoms with Crippen LogP contribution >= 0.6 is 11.3 Å². The summed E-state index contributed by atoms with van der Waals surface area (Å²) < 4.78 is 36.4. The highest BCUT2D eigenvalue weighted by Crippen LogP contribution is 2.22. The second-order valence-corrected chi connectivity index (χ2v) is 4.95. The van der Waals surface area contributed by atoms with Crippen LogP contribution in [0.3, 0.4) is 0 Å². The molecule has 3 N–H and O–H groups in total. The molecule has 1 rings (SSSR count). The molecule has 0 saturated heterocycles. The molecule has 0 bridgehead atoms. The lowest BCUT2D eigenvalue weighted by molar-refractivity contribution is -0.138. The van der Waals surface area contributed by atoms with Crippen LogP contribution in [-0.4, -0.2) is 24.7 Å². The summed E-state index contributed by atoms with van der Waals surface area (Å²) in [5.41, 5.74) is 5.21. The maximum absolute atomic E-state index is 12.1. The summed E-state index contributed by atoms with van der Waals surface area (Å²) in [6.45, 7) is 1.52. The number of nitrogens with one attached hydrogen (secondary N) is 1. The first-order chi connectivity index (χ1) is 8.81. The summed E-state index contributed by atoms with van der Waals surface area (Å²) >= 11 is 1.12. The van der Waals surface area contributed by atoms with Crippen molar-refractivity contribution in [3.63, 3.8) is 0 Å². The highest BCUT2D eigenvalue weighted by atomic mass is 32.1. The molecule has 0 saturated carbocycles. The number of hydrogen-bond acceptors (Lipinski definition) is 3. The van der Waals surface area contributed by atoms with Crippen LogP contribution in [0.5, 0.6) is 0 Å². The molecule has 1 heterocycles. The van der Waals surface area contributed by atoms with Crippen molar-refractivity contribution < 1.29 is 18.0 Å². The molecule has 0 aromatic carbocycles. The van der Waals surface area contributed by atoms with Gasteiger partial charge in [-0.05, 0) is 19.1 Å². The van der Waals surface area contributed by atoms with Gasteiger partial charge in [0.1, 0.15) is 0 Å². The van der Waals surface area contributed by atoms with Crippen LogP contribution in [-0.2, 0) is 0 Å². The predicted octanol–water partition coefficient (Wildman–Crippen LogP) is 2.13. The van der Waals surface area contributed by atoms with Gasteiger partial charge in [0.05, 0.1) is 22.7 Å². The lowest BCUT2D eigenvalue weighted by Crippen LogP contribution is -2.35. The highest BCUT2D eigenvalue weighted by Gasteiger charge is 2.30. The van der Waals surface area contributed by atoms with Gasteiger partial charge in [-0.25, -0.2) is 0 Å². The Morgan fingerprint density at radius 2 is 2.21 bits per heavy atom. The summed E-state index contributed by atoms with van der Waals surface area (Å²) in [5, 5.41) is 2.30. The fraction of sp³-hybridized carbons (Fsp3) is 0.417. The van der Waals surface area contributed by atoms with Crippen LogP contribution in [0.25, 0.3) is 0 Å². The zero-order valence-electron chi connectivity index (χ0n) is 10.2. The predicted molar refractivity (Wildman–Crippen MR) is 67.9 cm³/mol. The molecule has 1 amide bonds. The van der Waals surface area contributed by atoms with E-state index in [-0.39, 0.29) is 6.54 Å². The molecule has 19 heavy (non-hydrogen) atoms. The number of rotatable bonds is 3. The van der Waals surface area contributed by atoms with Crippen LogP contribution in [0.1, 0.15) is 27.9 Å². The molecule has 0 spiro atoms. The van der Waals surface area contributed by atoms with Gasteiger partial charge >= 0.3 is 6.18 Å². The second kappa shape index (κ2) is 6.59. The minimum absolute atomic E-state index is 0.210. The lowest BCUT2D eigenvalue weighted by atomic mass is 10.2. The first-order valence-electron chi connectivity index (χ1n) is 5.48. The number of carbonyl (C=O) groups is 1. The molecule has 0 aliphatic rings. The fourth-order valence-corrected chi connectivity index (χ4v) is 2.14. The average molecular weight is 290 g/mol. The first-order valence-corrected chi connectivity index (χ1v) is 6.30. The van der Waals surface area contributed by atoms with E-state index >= 15 is 0 Å². The zero-order valence-corrected chi connectivity index (χ0v) is 11.0. The van der Waals surface area contributed by atoms with Crippen molar-refractivity contribution in [3.05, 3.63) is 21.9 Å². The number of halogens is 3. The van der Waals surface area contributed by atoms with Crippen LogP contribution in [0.2, 0.25) is 0 Å². The molecule has 0 aliphatic carbocycles. The van der Waals surface area contributed by atoms with Gasteiger partial charge in [0, 0.05) is 6.04 Å². The van der Waals surface area contributed by atoms with Crippen molar-refractivity contribution in [3.8, 4) is 11.8 Å². The summed E-state index contributed by atoms with van der Waals surface area (Å²) in [4.78, 5) is 12.7. The summed E-state index contributed by atoms with van der Waals surface area (Å²) in [6, 6.07) is 2.20. The molecule has 1 aromatic heterocycles. The SMILES string of the molecule is CC(CC(F)(F)F)NC(=O)c1ccc(C#CCN)s1. The minimum Gasteiger partial charge on any atom is -0.349 e. The van der Waals surface area contributed by atoms with Gasteiger partial charge in [0.2, 0.25) is 0 Å². The Kier molecular flexibility index (Phi) is 5.39. The topological polar surface area (TPSA) is 55.1 Å². The van der Waals surface area contributed by atoms with E-state index < -0.39 is 24.5 Å². The molecule has 7 heteroatoms. The Labute approximate surface area is 113 Å². The van der Waals surface area contributed by atoms with E-state index in [2.05, 4.69) is 17.2 Å². The van der Waals surface area contributed by atoms with E-state index in [1.165, 1.54) is 13.0 Å². The highest BCUT2D eigenvalue weighted by molar-refractivity contribution is 7.14. The minimum atomic E-state index is -4.29. The Morgan fingerprint density at radius 3 is 2.79 bits per heavy atom. The van der Waals surface area contributed by atoms with Gasteiger partial charge in [-0.3, -0.25) is 4.79 Å². The summed E-state index contributed by atoms with van der Waals surface area (Å²) in [6.07, 6.45) is -5.34. The van der Waals surface area contributed by atoms with Crippen LogP contribution < -0.4 is 11.1 Å². The molecule has 0 radical (unpaired) electrons. The van der Waals surface area contributed by atoms with E-state index in [1.54, 1.807) is 6.07 Å². The first kappa shape index (κ1) is 15.5. The largest absolute Gasteiger partial charge is 0.391 e. The molecule has 1 aromatic rings. The number of carbonyl (C=O) groups excluding carboxylic acids is 1. The Morgan fingerprint density at radius 1 is 1.53 bits per heavy atom. The van der Waals surface area contributed by atoms with E-state index in [0.717, 1.165) is 11.3 Å². The Hall–Kier alpha value is -1.52. The number of thiophene rings is 1. The fourth-order valence-electron chi connectivity index (χ4n) is 1.36. The third kappa shape index (κ3) is 5.77. The summed E-state index contributed by atoms with van der Waals surface area (Å²) in [7, 11) is 0. The van der Waals surface area contributed by atoms with Gasteiger partial charge in [0.15, 0.2) is 0 Å². The summed E-state index contributed by atoms with van der Waals surface area (Å²) in [5.74, 6) is 4.87. The zero-order chi connectivity index (χ0) is 14.5. The van der Waals surface area contributed by atoms with Gasteiger partial charge in [-0.15, -0.1) is 11.3 Å². The molecule has 1 atom stereocenters. The molecular weight excluding hydrogens is 277 g/mol. The van der Waals surface area contributed by atoms with Crippen LogP contribution in [0.15, 0.2) is 12.1 Å². The van der Waals surface area contributed by atoms with Crippen LogP contribution in [0, 0.1) is 11.8 Å². The maximum Gasteiger partial charge on any atom is 0.391 e. The van der Waals surface area contributed by atoms with Crippen molar-refractivity contribution in [1.82, 2.24) is 5.32 Å². The van der Waals surface area contributed by atoms with E-state index in [4.69, 9.17) is 5.73 Å². The molecular formula is C12H13F3N2OS. The number of hydrogen-bond donors (Lipinski definition) is 2. The smallest absolute Gasteiger partial charge is 0.349 e. The maximum atomic E-state index is 12.1. The van der Waals surface area contributed by atoms with Crippen molar-refractivity contribution >= 4 is 17.2 Å². The second-order valence-electron chi connectivity index (χ2n) is 3.86. The van der Waals surface area contributed by atoms with Crippen molar-refractivity contribution in [2.24, 2.45) is 5.73 Å². The number of amides is 1. The average Bonchev–Trinajstić information content (AvgIpc) is 2.72. The lowest BCUT2D eigenvalue weighted by Gasteiger charge is -2.15. The van der Waals surface area contributed by atoms with Gasteiger partial charge in [-0.1, -0.05) is 11.8 Å². The molecule has 0 fully saturated rings. The molecule has 0 aliphatic heterocycles. The Balaban J connectivity index is 2.61. The van der Waals surface area contributed by atoms with Gasteiger partial charge in [0.25, 0.3) is 5.91 Å². The third-order valence-corrected chi connectivity index (χ3v) is 3.06. The van der Waals surface area contributed by atoms with E-state index in [9.17, 15) is 18.0 Å². The van der Waals surface area contributed by atoms with Crippen molar-refractivity contribution in [2.75, 3.05) is 6.54 Å². The number of alkyl halides is 3. The third-order valence-electron chi connectivity index (χ3n) is 2.06. The van der Waals surface area contributed by atoms with Crippen molar-refractivity contribution in [2.45, 2.75) is 25.6 Å². The van der Waals surface area contributed by atoms with E-state index in [0.29, 0.717) is 9.75 Å². The quantitative estimate of drug-likeness (QED) is 0.838. The van der Waals surface area contributed by atoms with E-state index in [1.807, 2.05) is 0 Å². The Bertz CT molecular complexity index is 499. The van der Waals surface area contributed by atoms with Crippen LogP contribution in [0.4, 0.5) is 13.2 Å².